The van der Waals surface area contributed by atoms with Crippen molar-refractivity contribution in [1.82, 2.24) is 20.1 Å². The lowest BCUT2D eigenvalue weighted by molar-refractivity contribution is 0.387. The van der Waals surface area contributed by atoms with Gasteiger partial charge in [0.05, 0.1) is 12.1 Å². The van der Waals surface area contributed by atoms with Crippen LogP contribution in [0.5, 0.6) is 0 Å². The van der Waals surface area contributed by atoms with Gasteiger partial charge in [-0.25, -0.2) is 4.98 Å². The van der Waals surface area contributed by atoms with E-state index in [4.69, 9.17) is 10.3 Å². The van der Waals surface area contributed by atoms with Gasteiger partial charge in [-0.1, -0.05) is 17.3 Å². The minimum Gasteiger partial charge on any atom is -0.383 e. The number of nitrogens with zero attached hydrogens (tertiary/aromatic N) is 5. The van der Waals surface area contributed by atoms with Gasteiger partial charge in [-0.2, -0.15) is 9.97 Å². The van der Waals surface area contributed by atoms with Gasteiger partial charge in [-0.15, -0.1) is 0 Å². The molecule has 0 fully saturated rings. The van der Waals surface area contributed by atoms with Gasteiger partial charge in [0, 0.05) is 19.4 Å². The molecule has 2 heterocycles. The van der Waals surface area contributed by atoms with Crippen LogP contribution in [0.15, 0.2) is 28.8 Å². The average molecular weight is 270 g/mol. The van der Waals surface area contributed by atoms with Crippen LogP contribution in [0, 0.1) is 6.92 Å². The van der Waals surface area contributed by atoms with E-state index in [2.05, 4.69) is 20.1 Å². The van der Waals surface area contributed by atoms with Crippen LogP contribution in [0.3, 0.4) is 0 Å². The Labute approximate surface area is 115 Å². The summed E-state index contributed by atoms with van der Waals surface area (Å²) in [4.78, 5) is 14.8. The highest BCUT2D eigenvalue weighted by molar-refractivity contribution is 5.88. The van der Waals surface area contributed by atoms with Crippen LogP contribution in [-0.4, -0.2) is 27.2 Å². The van der Waals surface area contributed by atoms with Crippen LogP contribution in [0.2, 0.25) is 0 Å². The Morgan fingerprint density at radius 3 is 2.75 bits per heavy atom. The SMILES string of the molecule is Cc1nc(CN(C)c2nc(N)c3ccccc3n2)no1. The molecule has 20 heavy (non-hydrogen) atoms. The first kappa shape index (κ1) is 12.3. The predicted molar refractivity (Wildman–Crippen MR) is 75.1 cm³/mol. The average Bonchev–Trinajstić information content (AvgIpc) is 2.84. The molecule has 7 nitrogen and oxygen atoms in total. The summed E-state index contributed by atoms with van der Waals surface area (Å²) in [6.07, 6.45) is 0. The van der Waals surface area contributed by atoms with Gasteiger partial charge in [0.25, 0.3) is 0 Å². The van der Waals surface area contributed by atoms with E-state index >= 15 is 0 Å². The number of anilines is 2. The van der Waals surface area contributed by atoms with E-state index in [-0.39, 0.29) is 0 Å². The standard InChI is InChI=1S/C13H14N6O/c1-8-15-11(18-20-8)7-19(2)13-16-10-6-4-3-5-9(10)12(14)17-13/h3-6H,7H2,1-2H3,(H2,14,16,17). The van der Waals surface area contributed by atoms with Crippen molar-refractivity contribution in [2.24, 2.45) is 0 Å². The topological polar surface area (TPSA) is 94.0 Å². The third-order valence-electron chi connectivity index (χ3n) is 2.91. The molecule has 2 N–H and O–H groups in total. The van der Waals surface area contributed by atoms with Crippen LogP contribution < -0.4 is 10.6 Å². The smallest absolute Gasteiger partial charge is 0.228 e. The molecule has 3 aromatic rings. The first-order valence-corrected chi connectivity index (χ1v) is 6.16. The van der Waals surface area contributed by atoms with Crippen LogP contribution in [0.1, 0.15) is 11.7 Å². The quantitative estimate of drug-likeness (QED) is 0.771. The Morgan fingerprint density at radius 2 is 2.00 bits per heavy atom. The molecule has 102 valence electrons. The summed E-state index contributed by atoms with van der Waals surface area (Å²) >= 11 is 0. The van der Waals surface area contributed by atoms with E-state index in [1.165, 1.54) is 0 Å². The van der Waals surface area contributed by atoms with Gasteiger partial charge in [0.15, 0.2) is 5.82 Å². The van der Waals surface area contributed by atoms with Crippen molar-refractivity contribution in [3.05, 3.63) is 36.0 Å². The molecule has 0 amide bonds. The van der Waals surface area contributed by atoms with Gasteiger partial charge in [0.1, 0.15) is 5.82 Å². The molecule has 0 aliphatic rings. The minimum atomic E-state index is 0.453. The molecular weight excluding hydrogens is 256 g/mol. The molecular formula is C13H14N6O. The first-order valence-electron chi connectivity index (χ1n) is 6.16. The van der Waals surface area contributed by atoms with Gasteiger partial charge in [0.2, 0.25) is 11.8 Å². The maximum atomic E-state index is 5.96. The molecule has 0 saturated heterocycles. The summed E-state index contributed by atoms with van der Waals surface area (Å²) in [5, 5.41) is 4.70. The number of rotatable bonds is 3. The van der Waals surface area contributed by atoms with Crippen molar-refractivity contribution < 1.29 is 4.52 Å². The molecule has 0 unspecified atom stereocenters. The number of fused-ring (bicyclic) bond motifs is 1. The first-order chi connectivity index (χ1) is 9.63. The van der Waals surface area contributed by atoms with E-state index in [1.54, 1.807) is 6.92 Å². The van der Waals surface area contributed by atoms with Crippen molar-refractivity contribution in [2.75, 3.05) is 17.7 Å². The highest BCUT2D eigenvalue weighted by Crippen LogP contribution is 2.20. The maximum absolute atomic E-state index is 5.96. The second kappa shape index (κ2) is 4.76. The summed E-state index contributed by atoms with van der Waals surface area (Å²) in [5.41, 5.74) is 6.78. The van der Waals surface area contributed by atoms with E-state index in [0.717, 1.165) is 10.9 Å². The lowest BCUT2D eigenvalue weighted by Crippen LogP contribution is -2.20. The molecule has 2 aromatic heterocycles. The number of hydrogen-bond donors (Lipinski definition) is 1. The summed E-state index contributed by atoms with van der Waals surface area (Å²) in [6, 6.07) is 7.63. The molecule has 7 heteroatoms. The molecule has 0 bridgehead atoms. The van der Waals surface area contributed by atoms with Crippen molar-refractivity contribution in [3.8, 4) is 0 Å². The zero-order valence-corrected chi connectivity index (χ0v) is 11.2. The Balaban J connectivity index is 1.93. The van der Waals surface area contributed by atoms with Crippen molar-refractivity contribution in [1.29, 1.82) is 0 Å². The molecule has 0 spiro atoms. The molecule has 0 radical (unpaired) electrons. The molecule has 3 rings (SSSR count). The summed E-state index contributed by atoms with van der Waals surface area (Å²) in [6.45, 7) is 2.20. The van der Waals surface area contributed by atoms with Crippen molar-refractivity contribution in [3.63, 3.8) is 0 Å². The number of aryl methyl sites for hydroxylation is 1. The Hall–Kier alpha value is -2.70. The van der Waals surface area contributed by atoms with Crippen LogP contribution in [-0.2, 0) is 6.54 Å². The number of para-hydroxylation sites is 1. The zero-order chi connectivity index (χ0) is 14.1. The minimum absolute atomic E-state index is 0.453. The highest BCUT2D eigenvalue weighted by Gasteiger charge is 2.12. The summed E-state index contributed by atoms with van der Waals surface area (Å²) in [7, 11) is 1.86. The maximum Gasteiger partial charge on any atom is 0.228 e. The van der Waals surface area contributed by atoms with E-state index in [0.29, 0.717) is 30.0 Å². The van der Waals surface area contributed by atoms with Crippen LogP contribution in [0.25, 0.3) is 10.9 Å². The molecule has 1 aromatic carbocycles. The lowest BCUT2D eigenvalue weighted by Gasteiger charge is -2.15. The Morgan fingerprint density at radius 1 is 1.20 bits per heavy atom. The van der Waals surface area contributed by atoms with Gasteiger partial charge in [-0.3, -0.25) is 0 Å². The molecule has 0 aliphatic carbocycles. The molecule has 0 saturated carbocycles. The number of nitrogens with two attached hydrogens (primary N) is 1. The third kappa shape index (κ3) is 2.25. The van der Waals surface area contributed by atoms with Gasteiger partial charge < -0.3 is 15.2 Å². The second-order valence-corrected chi connectivity index (χ2v) is 4.51. The fourth-order valence-electron chi connectivity index (χ4n) is 1.95. The fourth-order valence-corrected chi connectivity index (χ4v) is 1.95. The van der Waals surface area contributed by atoms with Crippen LogP contribution >= 0.6 is 0 Å². The monoisotopic (exact) mass is 270 g/mol. The lowest BCUT2D eigenvalue weighted by atomic mass is 10.2. The second-order valence-electron chi connectivity index (χ2n) is 4.51. The number of benzene rings is 1. The normalized spacial score (nSPS) is 10.9. The Bertz CT molecular complexity index is 753. The highest BCUT2D eigenvalue weighted by atomic mass is 16.5. The van der Waals surface area contributed by atoms with E-state index < -0.39 is 0 Å². The predicted octanol–water partition coefficient (Wildman–Crippen LogP) is 1.54. The van der Waals surface area contributed by atoms with Crippen molar-refractivity contribution in [2.45, 2.75) is 13.5 Å². The zero-order valence-electron chi connectivity index (χ0n) is 11.2. The number of nitrogen functional groups attached to an aromatic ring is 1. The van der Waals surface area contributed by atoms with Gasteiger partial charge in [-0.05, 0) is 12.1 Å². The fraction of sp³-hybridized carbons (Fsp3) is 0.231. The van der Waals surface area contributed by atoms with E-state index in [9.17, 15) is 0 Å². The van der Waals surface area contributed by atoms with Gasteiger partial charge >= 0.3 is 0 Å². The van der Waals surface area contributed by atoms with E-state index in [1.807, 2.05) is 36.2 Å². The molecule has 0 aliphatic heterocycles. The van der Waals surface area contributed by atoms with Crippen LogP contribution in [0.4, 0.5) is 11.8 Å². The van der Waals surface area contributed by atoms with Crippen molar-refractivity contribution >= 4 is 22.7 Å². The summed E-state index contributed by atoms with van der Waals surface area (Å²) < 4.78 is 4.94. The largest absolute Gasteiger partial charge is 0.383 e. The summed E-state index contributed by atoms with van der Waals surface area (Å²) in [5.74, 6) is 2.11. The Kier molecular flexibility index (Phi) is 2.94. The molecule has 0 atom stereocenters. The number of aromatic nitrogens is 4. The number of hydrogen-bond acceptors (Lipinski definition) is 7. The third-order valence-corrected chi connectivity index (χ3v) is 2.91.